The monoisotopic (exact) mass is 329 g/mol. The minimum atomic E-state index is 0.495. The Labute approximate surface area is 124 Å². The number of aryl methyl sites for hydroxylation is 2. The zero-order valence-electron chi connectivity index (χ0n) is 12.1. The third kappa shape index (κ3) is 3.58. The highest BCUT2D eigenvalue weighted by atomic mass is 79.9. The fraction of sp³-hybridized carbons (Fsp3) is 0.786. The second-order valence-electron chi connectivity index (χ2n) is 5.51. The van der Waals surface area contributed by atoms with E-state index in [0.717, 1.165) is 36.4 Å². The van der Waals surface area contributed by atoms with Gasteiger partial charge in [0.15, 0.2) is 0 Å². The summed E-state index contributed by atoms with van der Waals surface area (Å²) in [5.41, 5.74) is 2.82. The molecule has 0 saturated heterocycles. The number of aromatic nitrogens is 2. The number of nitrogens with zero attached hydrogens (tertiary/aromatic N) is 2. The van der Waals surface area contributed by atoms with E-state index in [1.807, 2.05) is 6.92 Å². The Morgan fingerprint density at radius 2 is 2.21 bits per heavy atom. The predicted octanol–water partition coefficient (Wildman–Crippen LogP) is 2.88. The summed E-state index contributed by atoms with van der Waals surface area (Å²) in [6.45, 7) is 7.92. The lowest BCUT2D eigenvalue weighted by atomic mass is 10.0. The number of hydrogen-bond donors (Lipinski definition) is 1. The number of nitrogens with one attached hydrogen (secondary N) is 1. The van der Waals surface area contributed by atoms with Gasteiger partial charge in [-0.1, -0.05) is 0 Å². The molecule has 0 radical (unpaired) electrons. The molecule has 5 heteroatoms. The van der Waals surface area contributed by atoms with Crippen molar-refractivity contribution < 1.29 is 4.74 Å². The standard InChI is InChI=1S/C14H24BrN3O/c1-4-18-12(13(15)11(2)17-18)9-16-10-14(5-6-14)7-8-19-3/h16H,4-10H2,1-3H3. The van der Waals surface area contributed by atoms with E-state index in [0.29, 0.717) is 5.41 Å². The van der Waals surface area contributed by atoms with E-state index in [1.54, 1.807) is 7.11 Å². The van der Waals surface area contributed by atoms with Crippen LogP contribution < -0.4 is 5.32 Å². The Morgan fingerprint density at radius 3 is 2.79 bits per heavy atom. The molecule has 1 aliphatic carbocycles. The average molecular weight is 330 g/mol. The molecule has 1 N–H and O–H groups in total. The minimum Gasteiger partial charge on any atom is -0.385 e. The number of methoxy groups -OCH3 is 1. The van der Waals surface area contributed by atoms with E-state index < -0.39 is 0 Å². The Morgan fingerprint density at radius 1 is 1.47 bits per heavy atom. The van der Waals surface area contributed by atoms with Gasteiger partial charge in [-0.25, -0.2) is 0 Å². The average Bonchev–Trinajstić information content (AvgIpc) is 3.13. The summed E-state index contributed by atoms with van der Waals surface area (Å²) >= 11 is 3.64. The lowest BCUT2D eigenvalue weighted by Gasteiger charge is -2.16. The molecule has 0 unspecified atom stereocenters. The van der Waals surface area contributed by atoms with Crippen LogP contribution in [0.5, 0.6) is 0 Å². The molecular weight excluding hydrogens is 306 g/mol. The summed E-state index contributed by atoms with van der Waals surface area (Å²) < 4.78 is 8.40. The molecule has 108 valence electrons. The van der Waals surface area contributed by atoms with Crippen LogP contribution >= 0.6 is 15.9 Å². The van der Waals surface area contributed by atoms with Crippen molar-refractivity contribution >= 4 is 15.9 Å². The maximum absolute atomic E-state index is 5.19. The van der Waals surface area contributed by atoms with Gasteiger partial charge in [0, 0.05) is 33.4 Å². The van der Waals surface area contributed by atoms with E-state index in [9.17, 15) is 0 Å². The van der Waals surface area contributed by atoms with Crippen molar-refractivity contribution in [2.24, 2.45) is 5.41 Å². The molecule has 2 rings (SSSR count). The summed E-state index contributed by atoms with van der Waals surface area (Å²) in [7, 11) is 1.78. The van der Waals surface area contributed by atoms with Gasteiger partial charge in [-0.3, -0.25) is 4.68 Å². The summed E-state index contributed by atoms with van der Waals surface area (Å²) in [5, 5.41) is 8.11. The zero-order valence-corrected chi connectivity index (χ0v) is 13.7. The van der Waals surface area contributed by atoms with Gasteiger partial charge in [-0.2, -0.15) is 5.10 Å². The Hall–Kier alpha value is -0.390. The molecule has 0 atom stereocenters. The van der Waals surface area contributed by atoms with Crippen LogP contribution in [0, 0.1) is 12.3 Å². The minimum absolute atomic E-state index is 0.495. The van der Waals surface area contributed by atoms with Crippen molar-refractivity contribution in [3.63, 3.8) is 0 Å². The lowest BCUT2D eigenvalue weighted by molar-refractivity contribution is 0.171. The van der Waals surface area contributed by atoms with E-state index >= 15 is 0 Å². The van der Waals surface area contributed by atoms with Gasteiger partial charge in [-0.15, -0.1) is 0 Å². The molecular formula is C14H24BrN3O. The lowest BCUT2D eigenvalue weighted by Crippen LogP contribution is -2.26. The Bertz CT molecular complexity index is 427. The van der Waals surface area contributed by atoms with Gasteiger partial charge in [-0.05, 0) is 54.5 Å². The van der Waals surface area contributed by atoms with Crippen molar-refractivity contribution in [2.45, 2.75) is 46.2 Å². The molecule has 1 aliphatic rings. The van der Waals surface area contributed by atoms with Crippen LogP contribution in [0.3, 0.4) is 0 Å². The topological polar surface area (TPSA) is 39.1 Å². The molecule has 1 aromatic heterocycles. The first-order chi connectivity index (χ1) is 9.12. The molecule has 1 saturated carbocycles. The molecule has 1 fully saturated rings. The Balaban J connectivity index is 1.86. The molecule has 0 aliphatic heterocycles. The van der Waals surface area contributed by atoms with E-state index in [4.69, 9.17) is 4.74 Å². The zero-order chi connectivity index (χ0) is 13.9. The molecule has 4 nitrogen and oxygen atoms in total. The molecule has 1 heterocycles. The highest BCUT2D eigenvalue weighted by Crippen LogP contribution is 2.48. The van der Waals surface area contributed by atoms with E-state index in [-0.39, 0.29) is 0 Å². The first-order valence-electron chi connectivity index (χ1n) is 7.03. The summed E-state index contributed by atoms with van der Waals surface area (Å²) in [5.74, 6) is 0. The summed E-state index contributed by atoms with van der Waals surface area (Å²) in [6, 6.07) is 0. The SMILES string of the molecule is CCn1nc(C)c(Br)c1CNCC1(CCOC)CC1. The quantitative estimate of drug-likeness (QED) is 0.797. The van der Waals surface area contributed by atoms with Crippen molar-refractivity contribution in [3.8, 4) is 0 Å². The van der Waals surface area contributed by atoms with Crippen molar-refractivity contribution in [3.05, 3.63) is 15.9 Å². The smallest absolute Gasteiger partial charge is 0.0739 e. The molecule has 0 spiro atoms. The van der Waals surface area contributed by atoms with Gasteiger partial charge < -0.3 is 10.1 Å². The number of halogens is 1. The molecule has 0 amide bonds. The van der Waals surface area contributed by atoms with Crippen LogP contribution in [0.15, 0.2) is 4.47 Å². The fourth-order valence-electron chi connectivity index (χ4n) is 2.49. The molecule has 0 aromatic carbocycles. The van der Waals surface area contributed by atoms with Gasteiger partial charge in [0.2, 0.25) is 0 Å². The summed E-state index contributed by atoms with van der Waals surface area (Å²) in [4.78, 5) is 0. The van der Waals surface area contributed by atoms with Gasteiger partial charge in [0.25, 0.3) is 0 Å². The van der Waals surface area contributed by atoms with Crippen LogP contribution in [0.4, 0.5) is 0 Å². The molecule has 0 bridgehead atoms. The van der Waals surface area contributed by atoms with Crippen molar-refractivity contribution in [2.75, 3.05) is 20.3 Å². The molecule has 1 aromatic rings. The number of hydrogen-bond acceptors (Lipinski definition) is 3. The third-order valence-corrected chi connectivity index (χ3v) is 5.07. The second-order valence-corrected chi connectivity index (χ2v) is 6.30. The van der Waals surface area contributed by atoms with Crippen LogP contribution in [-0.4, -0.2) is 30.0 Å². The fourth-order valence-corrected chi connectivity index (χ4v) is 2.92. The third-order valence-electron chi connectivity index (χ3n) is 4.04. The highest BCUT2D eigenvalue weighted by Gasteiger charge is 2.41. The van der Waals surface area contributed by atoms with Gasteiger partial charge >= 0.3 is 0 Å². The highest BCUT2D eigenvalue weighted by molar-refractivity contribution is 9.10. The maximum Gasteiger partial charge on any atom is 0.0739 e. The van der Waals surface area contributed by atoms with Crippen LogP contribution in [0.25, 0.3) is 0 Å². The first kappa shape index (κ1) is 15.0. The van der Waals surface area contributed by atoms with Crippen molar-refractivity contribution in [1.82, 2.24) is 15.1 Å². The van der Waals surface area contributed by atoms with Crippen molar-refractivity contribution in [1.29, 1.82) is 0 Å². The number of rotatable bonds is 8. The Kier molecular flexibility index (Phi) is 5.03. The predicted molar refractivity (Wildman–Crippen MR) is 80.2 cm³/mol. The van der Waals surface area contributed by atoms with Crippen LogP contribution in [0.2, 0.25) is 0 Å². The van der Waals surface area contributed by atoms with Crippen LogP contribution in [-0.2, 0) is 17.8 Å². The molecule has 19 heavy (non-hydrogen) atoms. The van der Waals surface area contributed by atoms with Crippen LogP contribution in [0.1, 0.15) is 37.6 Å². The van der Waals surface area contributed by atoms with Gasteiger partial charge in [0.05, 0.1) is 15.9 Å². The number of ether oxygens (including phenoxy) is 1. The largest absolute Gasteiger partial charge is 0.385 e. The normalized spacial score (nSPS) is 16.8. The summed E-state index contributed by atoms with van der Waals surface area (Å²) in [6.07, 6.45) is 3.83. The maximum atomic E-state index is 5.19. The van der Waals surface area contributed by atoms with E-state index in [1.165, 1.54) is 25.0 Å². The first-order valence-corrected chi connectivity index (χ1v) is 7.82. The van der Waals surface area contributed by atoms with Gasteiger partial charge in [0.1, 0.15) is 0 Å². The second kappa shape index (κ2) is 6.37. The van der Waals surface area contributed by atoms with E-state index in [2.05, 4.69) is 38.0 Å².